The third-order valence-electron chi connectivity index (χ3n) is 3.60. The van der Waals surface area contributed by atoms with Crippen LogP contribution in [-0.4, -0.2) is 25.1 Å². The molecular weight excluding hydrogens is 240 g/mol. The number of aliphatic hydroxyl groups is 1. The molecule has 0 fully saturated rings. The van der Waals surface area contributed by atoms with Crippen LogP contribution < -0.4 is 4.74 Å². The number of benzene rings is 1. The average molecular weight is 262 g/mol. The Kier molecular flexibility index (Phi) is 5.00. The van der Waals surface area contributed by atoms with Crippen LogP contribution in [0.25, 0.3) is 5.57 Å². The summed E-state index contributed by atoms with van der Waals surface area (Å²) in [7, 11) is 1.61. The van der Waals surface area contributed by atoms with E-state index in [1.165, 1.54) is 11.1 Å². The molecule has 0 radical (unpaired) electrons. The topological polar surface area (TPSA) is 38.7 Å². The molecule has 1 N–H and O–H groups in total. The van der Waals surface area contributed by atoms with Crippen LogP contribution in [0, 0.1) is 0 Å². The van der Waals surface area contributed by atoms with Gasteiger partial charge in [0.05, 0.1) is 6.10 Å². The fourth-order valence-corrected chi connectivity index (χ4v) is 2.69. The molecule has 0 saturated carbocycles. The second kappa shape index (κ2) is 6.73. The molecule has 3 nitrogen and oxygen atoms in total. The zero-order valence-electron chi connectivity index (χ0n) is 11.7. The van der Waals surface area contributed by atoms with Crippen LogP contribution in [-0.2, 0) is 4.74 Å². The Morgan fingerprint density at radius 2 is 2.21 bits per heavy atom. The minimum Gasteiger partial charge on any atom is -0.468 e. The lowest BCUT2D eigenvalue weighted by molar-refractivity contribution is 0.0511. The summed E-state index contributed by atoms with van der Waals surface area (Å²) in [5, 5.41) is 10.1. The highest BCUT2D eigenvalue weighted by Crippen LogP contribution is 2.35. The number of ether oxygens (including phenoxy) is 2. The van der Waals surface area contributed by atoms with Crippen LogP contribution in [0.2, 0.25) is 0 Å². The number of methoxy groups -OCH3 is 1. The van der Waals surface area contributed by atoms with Crippen molar-refractivity contribution in [2.45, 2.75) is 38.7 Å². The van der Waals surface area contributed by atoms with Gasteiger partial charge < -0.3 is 14.6 Å². The fourth-order valence-electron chi connectivity index (χ4n) is 2.69. The third kappa shape index (κ3) is 3.37. The van der Waals surface area contributed by atoms with Gasteiger partial charge in [-0.15, -0.1) is 0 Å². The predicted octanol–water partition coefficient (Wildman–Crippen LogP) is 3.38. The van der Waals surface area contributed by atoms with E-state index in [9.17, 15) is 5.11 Å². The minimum atomic E-state index is -0.280. The molecule has 3 heteroatoms. The minimum absolute atomic E-state index is 0.256. The molecule has 1 aliphatic rings. The zero-order valence-corrected chi connectivity index (χ0v) is 11.7. The van der Waals surface area contributed by atoms with Gasteiger partial charge in [0.15, 0.2) is 6.79 Å². The van der Waals surface area contributed by atoms with E-state index in [1.54, 1.807) is 7.11 Å². The van der Waals surface area contributed by atoms with Crippen molar-refractivity contribution in [1.29, 1.82) is 0 Å². The standard InChI is InChI=1S/C16H22O3/c1-3-14-15(8-5-9-16(14)17)12-6-4-7-13(10-12)19-11-18-2/h4,6-7,10,16-17H,3,5,8-9,11H2,1-2H3/t16-/m1/s1. The highest BCUT2D eigenvalue weighted by Gasteiger charge is 2.20. The van der Waals surface area contributed by atoms with Crippen molar-refractivity contribution in [3.63, 3.8) is 0 Å². The molecule has 1 aromatic carbocycles. The van der Waals surface area contributed by atoms with Crippen molar-refractivity contribution in [3.8, 4) is 5.75 Å². The van der Waals surface area contributed by atoms with Gasteiger partial charge in [0.1, 0.15) is 5.75 Å². The molecule has 0 unspecified atom stereocenters. The molecule has 0 aromatic heterocycles. The van der Waals surface area contributed by atoms with Gasteiger partial charge in [-0.1, -0.05) is 19.1 Å². The maximum absolute atomic E-state index is 10.1. The second-order valence-corrected chi connectivity index (χ2v) is 4.84. The monoisotopic (exact) mass is 262 g/mol. The third-order valence-corrected chi connectivity index (χ3v) is 3.60. The fraction of sp³-hybridized carbons (Fsp3) is 0.500. The smallest absolute Gasteiger partial charge is 0.188 e. The highest BCUT2D eigenvalue weighted by molar-refractivity contribution is 5.71. The molecule has 1 atom stereocenters. The summed E-state index contributed by atoms with van der Waals surface area (Å²) in [5.74, 6) is 0.808. The van der Waals surface area contributed by atoms with Gasteiger partial charge in [0, 0.05) is 7.11 Å². The Bertz CT molecular complexity index is 451. The van der Waals surface area contributed by atoms with Crippen molar-refractivity contribution in [3.05, 3.63) is 35.4 Å². The van der Waals surface area contributed by atoms with Crippen molar-refractivity contribution in [1.82, 2.24) is 0 Å². The van der Waals surface area contributed by atoms with E-state index in [2.05, 4.69) is 13.0 Å². The molecule has 1 aromatic rings. The van der Waals surface area contributed by atoms with E-state index < -0.39 is 0 Å². The average Bonchev–Trinajstić information content (AvgIpc) is 2.45. The molecule has 0 spiro atoms. The van der Waals surface area contributed by atoms with Gasteiger partial charge in [0.2, 0.25) is 0 Å². The van der Waals surface area contributed by atoms with E-state index >= 15 is 0 Å². The Morgan fingerprint density at radius 3 is 2.95 bits per heavy atom. The highest BCUT2D eigenvalue weighted by atomic mass is 16.7. The number of hydrogen-bond donors (Lipinski definition) is 1. The van der Waals surface area contributed by atoms with Crippen LogP contribution in [0.5, 0.6) is 5.75 Å². The first-order chi connectivity index (χ1) is 9.26. The van der Waals surface area contributed by atoms with Gasteiger partial charge in [-0.2, -0.15) is 0 Å². The molecule has 0 saturated heterocycles. The summed E-state index contributed by atoms with van der Waals surface area (Å²) >= 11 is 0. The predicted molar refractivity (Wildman–Crippen MR) is 76.0 cm³/mol. The molecular formula is C16H22O3. The summed E-state index contributed by atoms with van der Waals surface area (Å²) in [4.78, 5) is 0. The molecule has 1 aliphatic carbocycles. The Hall–Kier alpha value is -1.32. The SMILES string of the molecule is CCC1=C(c2cccc(OCOC)c2)CCC[C@H]1O. The first-order valence-electron chi connectivity index (χ1n) is 6.88. The van der Waals surface area contributed by atoms with Crippen molar-refractivity contribution >= 4 is 5.57 Å². The van der Waals surface area contributed by atoms with Crippen LogP contribution >= 0.6 is 0 Å². The molecule has 0 amide bonds. The van der Waals surface area contributed by atoms with Gasteiger partial charge in [0.25, 0.3) is 0 Å². The zero-order chi connectivity index (χ0) is 13.7. The summed E-state index contributed by atoms with van der Waals surface area (Å²) in [6.45, 7) is 2.36. The molecule has 0 heterocycles. The maximum Gasteiger partial charge on any atom is 0.188 e. The van der Waals surface area contributed by atoms with Crippen molar-refractivity contribution in [2.75, 3.05) is 13.9 Å². The van der Waals surface area contributed by atoms with Gasteiger partial charge in [-0.05, 0) is 54.5 Å². The van der Waals surface area contributed by atoms with E-state index in [1.807, 2.05) is 18.2 Å². The van der Waals surface area contributed by atoms with Gasteiger partial charge in [-0.3, -0.25) is 0 Å². The number of aliphatic hydroxyl groups excluding tert-OH is 1. The molecule has 0 bridgehead atoms. The molecule has 19 heavy (non-hydrogen) atoms. The van der Waals surface area contributed by atoms with Crippen LogP contribution in [0.3, 0.4) is 0 Å². The number of rotatable bonds is 5. The van der Waals surface area contributed by atoms with E-state index in [0.29, 0.717) is 0 Å². The van der Waals surface area contributed by atoms with Crippen molar-refractivity contribution in [2.24, 2.45) is 0 Å². The van der Waals surface area contributed by atoms with Gasteiger partial charge >= 0.3 is 0 Å². The Labute approximate surface area is 114 Å². The first-order valence-corrected chi connectivity index (χ1v) is 6.88. The van der Waals surface area contributed by atoms with Crippen LogP contribution in [0.15, 0.2) is 29.8 Å². The Morgan fingerprint density at radius 1 is 1.37 bits per heavy atom. The first kappa shape index (κ1) is 14.1. The van der Waals surface area contributed by atoms with E-state index in [-0.39, 0.29) is 12.9 Å². The van der Waals surface area contributed by atoms with Gasteiger partial charge in [-0.25, -0.2) is 0 Å². The quantitative estimate of drug-likeness (QED) is 0.827. The van der Waals surface area contributed by atoms with E-state index in [0.717, 1.165) is 37.0 Å². The lowest BCUT2D eigenvalue weighted by atomic mass is 9.84. The largest absolute Gasteiger partial charge is 0.468 e. The summed E-state index contributed by atoms with van der Waals surface area (Å²) < 4.78 is 10.4. The second-order valence-electron chi connectivity index (χ2n) is 4.84. The maximum atomic E-state index is 10.1. The Balaban J connectivity index is 2.29. The number of allylic oxidation sites excluding steroid dienone is 1. The summed E-state index contributed by atoms with van der Waals surface area (Å²) in [6, 6.07) is 8.03. The lowest BCUT2D eigenvalue weighted by Gasteiger charge is -2.25. The normalized spacial score (nSPS) is 19.6. The van der Waals surface area contributed by atoms with E-state index in [4.69, 9.17) is 9.47 Å². The van der Waals surface area contributed by atoms with Crippen LogP contribution in [0.4, 0.5) is 0 Å². The summed E-state index contributed by atoms with van der Waals surface area (Å²) in [5.41, 5.74) is 3.61. The number of hydrogen-bond acceptors (Lipinski definition) is 3. The lowest BCUT2D eigenvalue weighted by Crippen LogP contribution is -2.16. The molecule has 2 rings (SSSR count). The van der Waals surface area contributed by atoms with Crippen LogP contribution in [0.1, 0.15) is 38.2 Å². The summed E-state index contributed by atoms with van der Waals surface area (Å²) in [6.07, 6.45) is 3.58. The molecule has 0 aliphatic heterocycles. The van der Waals surface area contributed by atoms with Crippen molar-refractivity contribution < 1.29 is 14.6 Å². The molecule has 104 valence electrons.